The van der Waals surface area contributed by atoms with Crippen LogP contribution < -0.4 is 5.32 Å². The number of likely N-dealkylation sites (N-methyl/N-ethyl adjacent to an activating group) is 1. The zero-order chi connectivity index (χ0) is 52.1. The highest BCUT2D eigenvalue weighted by Crippen LogP contribution is 2.47. The van der Waals surface area contributed by atoms with E-state index < -0.39 is 72.3 Å². The molecule has 0 unspecified atom stereocenters. The average Bonchev–Trinajstić information content (AvgIpc) is 3.70. The van der Waals surface area contributed by atoms with E-state index in [2.05, 4.69) is 52.1 Å². The van der Waals surface area contributed by atoms with E-state index in [9.17, 15) is 19.8 Å². The van der Waals surface area contributed by atoms with Crippen LogP contribution in [0, 0.1) is 23.7 Å². The lowest BCUT2D eigenvalue weighted by Gasteiger charge is -2.48. The van der Waals surface area contributed by atoms with Crippen LogP contribution in [-0.2, 0) is 52.2 Å². The molecular weight excluding hydrogens is 927 g/mol. The molecule has 0 radical (unpaired) electrons. The number of hydrogen-bond acceptors (Lipinski definition) is 15. The fraction of sp³-hybridized carbons (Fsp3) is 0.679. The lowest BCUT2D eigenvalue weighted by molar-refractivity contribution is -0.312. The molecule has 6 aliphatic heterocycles. The molecule has 0 saturated carbocycles. The first-order valence-electron chi connectivity index (χ1n) is 26.0. The number of carbonyl (C=O) groups is 2. The van der Waals surface area contributed by atoms with Crippen LogP contribution in [0.2, 0.25) is 0 Å². The number of nitrogens with one attached hydrogen (secondary N) is 1. The quantitative estimate of drug-likeness (QED) is 0.138. The molecule has 16 nitrogen and oxygen atoms in total. The van der Waals surface area contributed by atoms with Crippen molar-refractivity contribution in [1.82, 2.24) is 5.32 Å². The maximum absolute atomic E-state index is 14.4. The normalized spacial score (nSPS) is 43.6. The Hall–Kier alpha value is -3.62. The van der Waals surface area contributed by atoms with Crippen LogP contribution in [-0.4, -0.2) is 152 Å². The van der Waals surface area contributed by atoms with Crippen LogP contribution in [0.1, 0.15) is 104 Å². The van der Waals surface area contributed by atoms with Gasteiger partial charge < -0.3 is 68.0 Å². The molecule has 4 N–H and O–H groups in total. The highest BCUT2D eigenvalue weighted by molar-refractivity contribution is 5.87. The summed E-state index contributed by atoms with van der Waals surface area (Å²) in [5.74, 6) is -3.39. The molecule has 72 heavy (non-hydrogen) atoms. The van der Waals surface area contributed by atoms with Gasteiger partial charge in [-0.2, -0.15) is 0 Å². The summed E-state index contributed by atoms with van der Waals surface area (Å²) in [6.45, 7) is 16.4. The number of aliphatic hydroxyl groups excluding tert-OH is 1. The van der Waals surface area contributed by atoms with Crippen LogP contribution >= 0.6 is 0 Å². The molecule has 400 valence electrons. The summed E-state index contributed by atoms with van der Waals surface area (Å²) < 4.78 is 64.6. The van der Waals surface area contributed by atoms with Gasteiger partial charge >= 0.3 is 11.9 Å². The van der Waals surface area contributed by atoms with Gasteiger partial charge in [-0.15, -0.1) is 0 Å². The van der Waals surface area contributed by atoms with Gasteiger partial charge in [0, 0.05) is 51.7 Å². The van der Waals surface area contributed by atoms with Crippen LogP contribution in [0.3, 0.4) is 0 Å². The van der Waals surface area contributed by atoms with E-state index in [1.807, 2.05) is 39.1 Å². The second-order valence-corrected chi connectivity index (χ2v) is 21.0. The number of fused-ring (bicyclic) bond motifs is 2. The molecule has 1 aromatic carbocycles. The van der Waals surface area contributed by atoms with E-state index >= 15 is 0 Å². The smallest absolute Gasteiger partial charge is 0.335 e. The van der Waals surface area contributed by atoms with Crippen LogP contribution in [0.25, 0.3) is 0 Å². The largest absolute Gasteiger partial charge is 0.478 e. The number of hydrogen-bond donors (Lipinski definition) is 4. The number of carbonyl (C=O) groups excluding carboxylic acids is 1. The zero-order valence-electron chi connectivity index (χ0n) is 44.0. The van der Waals surface area contributed by atoms with E-state index in [1.54, 1.807) is 63.6 Å². The molecule has 1 aliphatic carbocycles. The third kappa shape index (κ3) is 12.4. The van der Waals surface area contributed by atoms with Crippen molar-refractivity contribution in [3.63, 3.8) is 0 Å². The summed E-state index contributed by atoms with van der Waals surface area (Å²) >= 11 is 0. The van der Waals surface area contributed by atoms with Gasteiger partial charge in [-0.25, -0.2) is 4.79 Å². The van der Waals surface area contributed by atoms with Gasteiger partial charge in [0.25, 0.3) is 0 Å². The van der Waals surface area contributed by atoms with Crippen molar-refractivity contribution < 1.29 is 72.3 Å². The van der Waals surface area contributed by atoms with Crippen molar-refractivity contribution in [1.29, 1.82) is 0 Å². The number of benzene rings is 1. The Balaban J connectivity index is 0.000000761. The average molecular weight is 1010 g/mol. The van der Waals surface area contributed by atoms with E-state index in [-0.39, 0.29) is 67.0 Å². The molecule has 4 saturated heterocycles. The van der Waals surface area contributed by atoms with E-state index in [0.29, 0.717) is 48.8 Å². The van der Waals surface area contributed by atoms with Gasteiger partial charge in [0.2, 0.25) is 0 Å². The fourth-order valence-electron chi connectivity index (χ4n) is 11.6. The molecule has 16 heteroatoms. The molecule has 7 aliphatic rings. The van der Waals surface area contributed by atoms with Crippen LogP contribution in [0.5, 0.6) is 0 Å². The van der Waals surface area contributed by atoms with Gasteiger partial charge in [0.1, 0.15) is 35.9 Å². The zero-order valence-corrected chi connectivity index (χ0v) is 44.0. The third-order valence-electron chi connectivity index (χ3n) is 15.9. The Labute approximate surface area is 426 Å². The third-order valence-corrected chi connectivity index (χ3v) is 15.9. The van der Waals surface area contributed by atoms with Crippen molar-refractivity contribution in [2.24, 2.45) is 23.7 Å². The summed E-state index contributed by atoms with van der Waals surface area (Å²) in [7, 11) is 5.30. The molecular formula is C56H81NO15. The second kappa shape index (κ2) is 24.4. The number of carboxylic acid groups (broad SMARTS) is 1. The second-order valence-electron chi connectivity index (χ2n) is 21.0. The molecule has 0 amide bonds. The maximum atomic E-state index is 14.4. The molecule has 20 atom stereocenters. The van der Waals surface area contributed by atoms with E-state index in [4.69, 9.17) is 52.5 Å². The summed E-state index contributed by atoms with van der Waals surface area (Å²) in [5.41, 5.74) is 0.511. The Kier molecular flexibility index (Phi) is 19.0. The monoisotopic (exact) mass is 1010 g/mol. The molecule has 1 spiro atoms. The Morgan fingerprint density at radius 2 is 1.60 bits per heavy atom. The highest BCUT2D eigenvalue weighted by Gasteiger charge is 2.60. The molecule has 4 fully saturated rings. The van der Waals surface area contributed by atoms with Gasteiger partial charge in [-0.3, -0.25) is 4.79 Å². The molecule has 6 heterocycles. The van der Waals surface area contributed by atoms with Crippen molar-refractivity contribution in [2.45, 2.75) is 191 Å². The first-order chi connectivity index (χ1) is 34.3. The number of allylic oxidation sites excluding steroid dienone is 2. The van der Waals surface area contributed by atoms with Gasteiger partial charge in [0.15, 0.2) is 18.4 Å². The van der Waals surface area contributed by atoms with Gasteiger partial charge in [-0.05, 0) is 82.0 Å². The molecule has 1 aromatic rings. The van der Waals surface area contributed by atoms with Gasteiger partial charge in [-0.1, -0.05) is 88.8 Å². The highest BCUT2D eigenvalue weighted by atomic mass is 16.7. The summed E-state index contributed by atoms with van der Waals surface area (Å²) in [5, 5.41) is 35.4. The topological polar surface area (TPSA) is 199 Å². The standard InChI is InChI=1S/C49H75NO13.C7H6O2/c1-12-26(2)44-29(5)18-19-48(63-44)24-35-21-34(62-48)17-16-28(4)43(27(3)14-13-15-33-25-56-46-42(51)30(6)20-36(47(52)59-35)49(33,46)53)60-40-23-38(55-11)45(32(8)58-40)61-39-22-37(54-10)41(50-9)31(7)57-39;8-7(9)6-4-2-1-3-5-6/h13-16,18-20,26-27,29,31-32,34-46,50-51,53H,12,17,21-25H2,1-11H3;1-5H,(H,8,9)/b14-13-,28-16-,33-15-;/t26-,27-,29-,31-,32-,34+,35-,36-,37-,38-,39-,40-,41-,42+,43-,44+,45-,46+,48+,49+;/m0./s1. The lowest BCUT2D eigenvalue weighted by atomic mass is 9.71. The first kappa shape index (κ1) is 56.1. The van der Waals surface area contributed by atoms with E-state index in [1.165, 1.54) is 0 Å². The lowest BCUT2D eigenvalue weighted by Crippen LogP contribution is -2.58. The maximum Gasteiger partial charge on any atom is 0.335 e. The minimum atomic E-state index is -1.83. The van der Waals surface area contributed by atoms with Crippen molar-refractivity contribution in [2.75, 3.05) is 27.9 Å². The molecule has 8 rings (SSSR count). The number of aliphatic hydroxyl groups is 2. The summed E-state index contributed by atoms with van der Waals surface area (Å²) in [6.07, 6.45) is 10.7. The number of methoxy groups -OCH3 is 2. The predicted molar refractivity (Wildman–Crippen MR) is 268 cm³/mol. The Bertz CT molecular complexity index is 2140. The van der Waals surface area contributed by atoms with Crippen LogP contribution in [0.15, 0.2) is 89.6 Å². The van der Waals surface area contributed by atoms with Crippen molar-refractivity contribution >= 4 is 11.9 Å². The number of ether oxygens (including phenoxy) is 10. The molecule has 0 aromatic heterocycles. The minimum absolute atomic E-state index is 0.0411. The Morgan fingerprint density at radius 1 is 0.903 bits per heavy atom. The Morgan fingerprint density at radius 3 is 2.26 bits per heavy atom. The van der Waals surface area contributed by atoms with Crippen molar-refractivity contribution in [3.8, 4) is 0 Å². The fourth-order valence-corrected chi connectivity index (χ4v) is 11.6. The summed E-state index contributed by atoms with van der Waals surface area (Å²) in [4.78, 5) is 24.6. The number of esters is 1. The molecule has 2 bridgehead atoms. The van der Waals surface area contributed by atoms with Crippen molar-refractivity contribution in [3.05, 3.63) is 95.1 Å². The SMILES string of the molecule is CC[C@H](C)[C@H]1O[C@]2(C=C[C@@H]1C)C[C@@H]1C[C@@H](C/C=C(/C)[C@@H](O[C@H]3C[C@H](OC)[C@@H](O[C@H]4C[C@H](OC)[C@@H](NC)[C@H](C)O4)[C@H](C)O3)[C@@H](C)/C=C\C=C3\CO[C@@H]4[C@H](O)C(C)=C[C@@H](C(=O)O1)[C@]34O)O2.O=C(O)c1ccccc1. The first-order valence-corrected chi connectivity index (χ1v) is 26.0. The van der Waals surface area contributed by atoms with E-state index in [0.717, 1.165) is 12.0 Å². The van der Waals surface area contributed by atoms with Gasteiger partial charge in [0.05, 0.1) is 60.9 Å². The predicted octanol–water partition coefficient (Wildman–Crippen LogP) is 6.99. The van der Waals surface area contributed by atoms with Crippen LogP contribution in [0.4, 0.5) is 0 Å². The minimum Gasteiger partial charge on any atom is -0.478 e. The number of aromatic carboxylic acids is 1. The number of rotatable bonds is 10. The number of carboxylic acids is 1. The summed E-state index contributed by atoms with van der Waals surface area (Å²) in [6, 6.07) is 8.34.